The van der Waals surface area contributed by atoms with E-state index in [1.807, 2.05) is 20.8 Å². The molecule has 2 fully saturated rings. The molecule has 1 saturated carbocycles. The Morgan fingerprint density at radius 2 is 1.91 bits per heavy atom. The van der Waals surface area contributed by atoms with Crippen LogP contribution in [0.15, 0.2) is 0 Å². The van der Waals surface area contributed by atoms with Crippen molar-refractivity contribution in [2.75, 3.05) is 19.6 Å². The standard InChI is InChI=1S/C18H34N2O3/c1-17(2,3)23-16(22)20-11-8-14(9-12-20)19-13-18(4)10-6-5-7-15(18)21/h14-15,19,21H,5-13H2,1-4H3. The summed E-state index contributed by atoms with van der Waals surface area (Å²) in [6.45, 7) is 10.2. The predicted molar refractivity (Wildman–Crippen MR) is 91.4 cm³/mol. The van der Waals surface area contributed by atoms with Crippen molar-refractivity contribution >= 4 is 6.09 Å². The molecule has 1 amide bonds. The van der Waals surface area contributed by atoms with Crippen LogP contribution in [0.5, 0.6) is 0 Å². The fourth-order valence-corrected chi connectivity index (χ4v) is 3.56. The highest BCUT2D eigenvalue weighted by Gasteiger charge is 2.36. The molecule has 1 aliphatic heterocycles. The zero-order valence-electron chi connectivity index (χ0n) is 15.2. The number of rotatable bonds is 3. The van der Waals surface area contributed by atoms with E-state index in [-0.39, 0.29) is 17.6 Å². The maximum atomic E-state index is 12.1. The molecule has 0 aromatic heterocycles. The van der Waals surface area contributed by atoms with Gasteiger partial charge in [-0.2, -0.15) is 0 Å². The van der Waals surface area contributed by atoms with Gasteiger partial charge in [0.05, 0.1) is 6.10 Å². The summed E-state index contributed by atoms with van der Waals surface area (Å²) in [4.78, 5) is 13.9. The van der Waals surface area contributed by atoms with Crippen molar-refractivity contribution < 1.29 is 14.6 Å². The van der Waals surface area contributed by atoms with Gasteiger partial charge < -0.3 is 20.1 Å². The second kappa shape index (κ2) is 7.39. The number of nitrogens with one attached hydrogen (secondary N) is 1. The fraction of sp³-hybridized carbons (Fsp3) is 0.944. The number of amides is 1. The molecular formula is C18H34N2O3. The minimum Gasteiger partial charge on any atom is -0.444 e. The third kappa shape index (κ3) is 5.35. The van der Waals surface area contributed by atoms with Gasteiger partial charge in [-0.15, -0.1) is 0 Å². The second-order valence-corrected chi connectivity index (χ2v) is 8.54. The summed E-state index contributed by atoms with van der Waals surface area (Å²) < 4.78 is 5.43. The van der Waals surface area contributed by atoms with Gasteiger partial charge in [-0.1, -0.05) is 19.8 Å². The number of likely N-dealkylation sites (tertiary alicyclic amines) is 1. The SMILES string of the molecule is CC(C)(C)OC(=O)N1CCC(NCC2(C)CCCCC2O)CC1. The van der Waals surface area contributed by atoms with Gasteiger partial charge in [-0.3, -0.25) is 0 Å². The largest absolute Gasteiger partial charge is 0.444 e. The van der Waals surface area contributed by atoms with Crippen LogP contribution < -0.4 is 5.32 Å². The zero-order chi connectivity index (χ0) is 17.1. The summed E-state index contributed by atoms with van der Waals surface area (Å²) in [5, 5.41) is 13.9. The molecule has 0 aromatic carbocycles. The third-order valence-electron chi connectivity index (χ3n) is 5.22. The lowest BCUT2D eigenvalue weighted by Crippen LogP contribution is -2.50. The van der Waals surface area contributed by atoms with Crippen LogP contribution in [0, 0.1) is 5.41 Å². The molecule has 0 spiro atoms. The lowest BCUT2D eigenvalue weighted by molar-refractivity contribution is -0.00281. The molecule has 0 radical (unpaired) electrons. The monoisotopic (exact) mass is 326 g/mol. The highest BCUT2D eigenvalue weighted by atomic mass is 16.6. The zero-order valence-corrected chi connectivity index (χ0v) is 15.2. The maximum absolute atomic E-state index is 12.1. The molecule has 2 aliphatic rings. The van der Waals surface area contributed by atoms with Gasteiger partial charge in [-0.05, 0) is 46.5 Å². The van der Waals surface area contributed by atoms with E-state index in [1.165, 1.54) is 6.42 Å². The van der Waals surface area contributed by atoms with E-state index in [0.29, 0.717) is 6.04 Å². The fourth-order valence-electron chi connectivity index (χ4n) is 3.56. The highest BCUT2D eigenvalue weighted by molar-refractivity contribution is 5.68. The number of carbonyl (C=O) groups excluding carboxylic acids is 1. The maximum Gasteiger partial charge on any atom is 0.410 e. The number of hydrogen-bond acceptors (Lipinski definition) is 4. The van der Waals surface area contributed by atoms with Gasteiger partial charge in [0.2, 0.25) is 0 Å². The molecule has 134 valence electrons. The summed E-state index contributed by atoms with van der Waals surface area (Å²) in [6.07, 6.45) is 5.89. The molecule has 23 heavy (non-hydrogen) atoms. The third-order valence-corrected chi connectivity index (χ3v) is 5.22. The van der Waals surface area contributed by atoms with Crippen molar-refractivity contribution in [2.45, 2.75) is 84.0 Å². The molecule has 1 aliphatic carbocycles. The molecule has 5 nitrogen and oxygen atoms in total. The van der Waals surface area contributed by atoms with Crippen molar-refractivity contribution in [3.8, 4) is 0 Å². The van der Waals surface area contributed by atoms with E-state index < -0.39 is 5.60 Å². The van der Waals surface area contributed by atoms with Crippen molar-refractivity contribution in [3.63, 3.8) is 0 Å². The van der Waals surface area contributed by atoms with Crippen LogP contribution in [-0.2, 0) is 4.74 Å². The summed E-state index contributed by atoms with van der Waals surface area (Å²) in [7, 11) is 0. The number of piperidine rings is 1. The summed E-state index contributed by atoms with van der Waals surface area (Å²) >= 11 is 0. The lowest BCUT2D eigenvalue weighted by atomic mass is 9.73. The number of aliphatic hydroxyl groups is 1. The summed E-state index contributed by atoms with van der Waals surface area (Å²) in [5.74, 6) is 0. The van der Waals surface area contributed by atoms with Crippen LogP contribution in [0.2, 0.25) is 0 Å². The van der Waals surface area contributed by atoms with Crippen LogP contribution in [0.1, 0.15) is 66.2 Å². The van der Waals surface area contributed by atoms with Gasteiger partial charge in [0, 0.05) is 31.1 Å². The van der Waals surface area contributed by atoms with Gasteiger partial charge >= 0.3 is 6.09 Å². The number of hydrogen-bond donors (Lipinski definition) is 2. The Morgan fingerprint density at radius 3 is 2.48 bits per heavy atom. The molecule has 0 aromatic rings. The number of carbonyl (C=O) groups is 1. The van der Waals surface area contributed by atoms with Gasteiger partial charge in [0.1, 0.15) is 5.60 Å². The first-order valence-corrected chi connectivity index (χ1v) is 9.09. The number of nitrogens with zero attached hydrogens (tertiary/aromatic N) is 1. The minimum absolute atomic E-state index is 0.000545. The second-order valence-electron chi connectivity index (χ2n) is 8.54. The Kier molecular flexibility index (Phi) is 5.95. The first-order valence-electron chi connectivity index (χ1n) is 9.09. The van der Waals surface area contributed by atoms with E-state index in [4.69, 9.17) is 4.74 Å². The Hall–Kier alpha value is -0.810. The summed E-state index contributed by atoms with van der Waals surface area (Å²) in [5.41, 5.74) is -0.432. The van der Waals surface area contributed by atoms with Crippen LogP contribution in [0.4, 0.5) is 4.79 Å². The van der Waals surface area contributed by atoms with Crippen LogP contribution >= 0.6 is 0 Å². The average molecular weight is 326 g/mol. The van der Waals surface area contributed by atoms with E-state index in [0.717, 1.165) is 51.7 Å². The first kappa shape index (κ1) is 18.5. The minimum atomic E-state index is -0.433. The molecule has 1 saturated heterocycles. The van der Waals surface area contributed by atoms with Gasteiger partial charge in [-0.25, -0.2) is 4.79 Å². The van der Waals surface area contributed by atoms with Gasteiger partial charge in [0.25, 0.3) is 0 Å². The molecule has 2 rings (SSSR count). The molecule has 5 heteroatoms. The lowest BCUT2D eigenvalue weighted by Gasteiger charge is -2.41. The van der Waals surface area contributed by atoms with Crippen molar-refractivity contribution in [1.29, 1.82) is 0 Å². The van der Waals surface area contributed by atoms with E-state index in [9.17, 15) is 9.90 Å². The number of aliphatic hydroxyl groups excluding tert-OH is 1. The summed E-state index contributed by atoms with van der Waals surface area (Å²) in [6, 6.07) is 0.430. The molecule has 0 bridgehead atoms. The quantitative estimate of drug-likeness (QED) is 0.837. The van der Waals surface area contributed by atoms with Crippen molar-refractivity contribution in [2.24, 2.45) is 5.41 Å². The molecule has 1 heterocycles. The number of ether oxygens (including phenoxy) is 1. The smallest absolute Gasteiger partial charge is 0.410 e. The van der Waals surface area contributed by atoms with Crippen molar-refractivity contribution in [1.82, 2.24) is 10.2 Å². The van der Waals surface area contributed by atoms with Crippen LogP contribution in [0.25, 0.3) is 0 Å². The average Bonchev–Trinajstić information content (AvgIpc) is 2.47. The van der Waals surface area contributed by atoms with Crippen LogP contribution in [0.3, 0.4) is 0 Å². The van der Waals surface area contributed by atoms with E-state index >= 15 is 0 Å². The highest BCUT2D eigenvalue weighted by Crippen LogP contribution is 2.35. The van der Waals surface area contributed by atoms with E-state index in [1.54, 1.807) is 4.90 Å². The molecule has 2 N–H and O–H groups in total. The van der Waals surface area contributed by atoms with E-state index in [2.05, 4.69) is 12.2 Å². The molecular weight excluding hydrogens is 292 g/mol. The predicted octanol–water partition coefficient (Wildman–Crippen LogP) is 2.92. The van der Waals surface area contributed by atoms with Gasteiger partial charge in [0.15, 0.2) is 0 Å². The Morgan fingerprint density at radius 1 is 1.26 bits per heavy atom. The first-order chi connectivity index (χ1) is 10.7. The molecule has 2 unspecified atom stereocenters. The normalized spacial score (nSPS) is 30.3. The van der Waals surface area contributed by atoms with Crippen molar-refractivity contribution in [3.05, 3.63) is 0 Å². The molecule has 2 atom stereocenters. The van der Waals surface area contributed by atoms with Crippen LogP contribution in [-0.4, -0.2) is 53.5 Å². The Labute approximate surface area is 140 Å². The topological polar surface area (TPSA) is 61.8 Å². The Bertz CT molecular complexity index is 400. The Balaban J connectivity index is 1.73.